The SMILES string of the molecule is CCC.NCCC1(/C(N)=N/NN)c2ccc(C(N)=O)cc2Cc2cc(C(N)=O)ccc21. The van der Waals surface area contributed by atoms with Gasteiger partial charge in [-0.1, -0.05) is 32.4 Å². The second kappa shape index (κ2) is 10.1. The van der Waals surface area contributed by atoms with Gasteiger partial charge >= 0.3 is 0 Å². The van der Waals surface area contributed by atoms with E-state index in [1.54, 1.807) is 24.3 Å². The Balaban J connectivity index is 0.00000107. The number of primary amides is 2. The summed E-state index contributed by atoms with van der Waals surface area (Å²) in [6.07, 6.45) is 2.17. The molecule has 0 saturated carbocycles. The number of amides is 2. The first-order valence-corrected chi connectivity index (χ1v) is 10.1. The molecular formula is C22H31N7O2. The first kappa shape index (κ1) is 23.8. The predicted octanol–water partition coefficient (Wildman–Crippen LogP) is 0.575. The van der Waals surface area contributed by atoms with Gasteiger partial charge in [0.15, 0.2) is 0 Å². The summed E-state index contributed by atoms with van der Waals surface area (Å²) in [5.74, 6) is 4.54. The molecule has 0 bridgehead atoms. The number of carbonyl (C=O) groups excluding carboxylic acids is 2. The molecule has 166 valence electrons. The Morgan fingerprint density at radius 1 is 0.968 bits per heavy atom. The van der Waals surface area contributed by atoms with Crippen LogP contribution >= 0.6 is 0 Å². The van der Waals surface area contributed by atoms with Crippen LogP contribution in [0.5, 0.6) is 0 Å². The molecule has 1 aliphatic rings. The van der Waals surface area contributed by atoms with Gasteiger partial charge in [0.25, 0.3) is 0 Å². The highest BCUT2D eigenvalue weighted by atomic mass is 16.1. The van der Waals surface area contributed by atoms with Gasteiger partial charge in [-0.25, -0.2) is 11.4 Å². The van der Waals surface area contributed by atoms with E-state index in [0.717, 1.165) is 22.3 Å². The molecule has 0 heterocycles. The number of amidine groups is 1. The van der Waals surface area contributed by atoms with Gasteiger partial charge < -0.3 is 22.9 Å². The maximum absolute atomic E-state index is 11.7. The van der Waals surface area contributed by atoms with E-state index in [1.165, 1.54) is 6.42 Å². The highest BCUT2D eigenvalue weighted by Crippen LogP contribution is 2.44. The standard InChI is InChI=1S/C19H23N7O2.C3H8/c20-6-5-19(18(23)25-26-24)14-3-1-10(16(21)27)7-12(14)9-13-8-11(17(22)28)2-4-15(13)19;1-3-2/h1-4,7-8,26H,5-6,9,20,24H2,(H2,21,27)(H2,22,28)(H2,23,25);3H2,1-2H3. The number of nitrogens with one attached hydrogen (secondary N) is 1. The molecule has 0 saturated heterocycles. The number of nitrogens with two attached hydrogens (primary N) is 5. The van der Waals surface area contributed by atoms with E-state index in [9.17, 15) is 9.59 Å². The average molecular weight is 426 g/mol. The number of hydrazine groups is 1. The quantitative estimate of drug-likeness (QED) is 0.170. The second-order valence-electron chi connectivity index (χ2n) is 7.43. The van der Waals surface area contributed by atoms with Gasteiger partial charge in [-0.15, -0.1) is 0 Å². The first-order valence-electron chi connectivity index (χ1n) is 10.1. The van der Waals surface area contributed by atoms with Crippen molar-refractivity contribution in [3.8, 4) is 0 Å². The molecule has 0 atom stereocenters. The Kier molecular flexibility index (Phi) is 7.73. The zero-order chi connectivity index (χ0) is 23.2. The van der Waals surface area contributed by atoms with E-state index >= 15 is 0 Å². The Morgan fingerprint density at radius 3 is 1.77 bits per heavy atom. The van der Waals surface area contributed by atoms with Crippen molar-refractivity contribution in [1.82, 2.24) is 5.53 Å². The number of hydrogen-bond donors (Lipinski definition) is 6. The Labute approximate surface area is 182 Å². The molecule has 0 aromatic heterocycles. The van der Waals surface area contributed by atoms with Gasteiger partial charge in [0.2, 0.25) is 11.8 Å². The number of carbonyl (C=O) groups is 2. The maximum atomic E-state index is 11.7. The molecule has 0 unspecified atom stereocenters. The lowest BCUT2D eigenvalue weighted by Gasteiger charge is -2.40. The molecule has 0 aliphatic heterocycles. The lowest BCUT2D eigenvalue weighted by atomic mass is 9.63. The molecule has 2 aromatic carbocycles. The molecule has 3 rings (SSSR count). The Bertz CT molecular complexity index is 938. The molecule has 0 fully saturated rings. The monoisotopic (exact) mass is 425 g/mol. The van der Waals surface area contributed by atoms with Crippen LogP contribution in [0.25, 0.3) is 0 Å². The van der Waals surface area contributed by atoms with Crippen LogP contribution in [0.2, 0.25) is 0 Å². The molecule has 1 aliphatic carbocycles. The van der Waals surface area contributed by atoms with Gasteiger partial charge in [0, 0.05) is 11.1 Å². The number of nitrogens with zero attached hydrogens (tertiary/aromatic N) is 1. The third kappa shape index (κ3) is 4.52. The van der Waals surface area contributed by atoms with Crippen molar-refractivity contribution in [1.29, 1.82) is 0 Å². The average Bonchev–Trinajstić information content (AvgIpc) is 2.73. The fourth-order valence-corrected chi connectivity index (χ4v) is 4.02. The van der Waals surface area contributed by atoms with Crippen LogP contribution in [-0.2, 0) is 11.8 Å². The molecule has 31 heavy (non-hydrogen) atoms. The second-order valence-corrected chi connectivity index (χ2v) is 7.43. The molecule has 0 radical (unpaired) electrons. The third-order valence-corrected chi connectivity index (χ3v) is 5.22. The van der Waals surface area contributed by atoms with Crippen LogP contribution in [0.1, 0.15) is 69.7 Å². The smallest absolute Gasteiger partial charge is 0.248 e. The van der Waals surface area contributed by atoms with E-state index in [2.05, 4.69) is 24.5 Å². The van der Waals surface area contributed by atoms with Crippen molar-refractivity contribution in [3.05, 3.63) is 69.8 Å². The minimum atomic E-state index is -0.879. The highest BCUT2D eigenvalue weighted by Gasteiger charge is 2.44. The summed E-state index contributed by atoms with van der Waals surface area (Å²) in [7, 11) is 0. The van der Waals surface area contributed by atoms with Crippen LogP contribution in [0.4, 0.5) is 0 Å². The normalized spacial score (nSPS) is 13.9. The van der Waals surface area contributed by atoms with Gasteiger partial charge in [-0.05, 0) is 65.9 Å². The number of fused-ring (bicyclic) bond motifs is 2. The predicted molar refractivity (Wildman–Crippen MR) is 122 cm³/mol. The van der Waals surface area contributed by atoms with Crippen LogP contribution in [0.15, 0.2) is 41.5 Å². The largest absolute Gasteiger partial charge is 0.385 e. The van der Waals surface area contributed by atoms with Crippen molar-refractivity contribution in [3.63, 3.8) is 0 Å². The van der Waals surface area contributed by atoms with Crippen LogP contribution in [-0.4, -0.2) is 24.2 Å². The summed E-state index contributed by atoms with van der Waals surface area (Å²) < 4.78 is 0. The Hall–Kier alpha value is -3.43. The van der Waals surface area contributed by atoms with E-state index in [-0.39, 0.29) is 5.84 Å². The van der Waals surface area contributed by atoms with Crippen LogP contribution in [0, 0.1) is 0 Å². The number of rotatable bonds is 6. The summed E-state index contributed by atoms with van der Waals surface area (Å²) in [5, 5.41) is 4.04. The third-order valence-electron chi connectivity index (χ3n) is 5.22. The van der Waals surface area contributed by atoms with Crippen molar-refractivity contribution in [2.24, 2.45) is 33.9 Å². The van der Waals surface area contributed by atoms with Crippen molar-refractivity contribution >= 4 is 17.6 Å². The minimum Gasteiger partial charge on any atom is -0.385 e. The summed E-state index contributed by atoms with van der Waals surface area (Å²) >= 11 is 0. The number of benzene rings is 2. The van der Waals surface area contributed by atoms with Crippen molar-refractivity contribution < 1.29 is 9.59 Å². The molecule has 0 spiro atoms. The molecule has 2 aromatic rings. The molecule has 9 heteroatoms. The van der Waals surface area contributed by atoms with Crippen LogP contribution in [0.3, 0.4) is 0 Å². The maximum Gasteiger partial charge on any atom is 0.248 e. The summed E-state index contributed by atoms with van der Waals surface area (Å²) in [6, 6.07) is 10.4. The van der Waals surface area contributed by atoms with Gasteiger partial charge in [0.1, 0.15) is 5.84 Å². The number of hydrazone groups is 1. The minimum absolute atomic E-state index is 0.223. The molecule has 11 N–H and O–H groups in total. The van der Waals surface area contributed by atoms with Crippen molar-refractivity contribution in [2.75, 3.05) is 6.54 Å². The fourth-order valence-electron chi connectivity index (χ4n) is 4.02. The lowest BCUT2D eigenvalue weighted by molar-refractivity contribution is 0.0992. The topological polar surface area (TPSA) is 189 Å². The van der Waals surface area contributed by atoms with Gasteiger partial charge in [-0.2, -0.15) is 5.10 Å². The van der Waals surface area contributed by atoms with E-state index in [0.29, 0.717) is 30.5 Å². The van der Waals surface area contributed by atoms with Crippen LogP contribution < -0.4 is 34.3 Å². The lowest BCUT2D eigenvalue weighted by Crippen LogP contribution is -2.48. The van der Waals surface area contributed by atoms with Gasteiger partial charge in [0.05, 0.1) is 5.41 Å². The summed E-state index contributed by atoms with van der Waals surface area (Å²) in [5.41, 5.74) is 28.7. The van der Waals surface area contributed by atoms with E-state index < -0.39 is 17.2 Å². The molecular weight excluding hydrogens is 394 g/mol. The zero-order valence-electron chi connectivity index (χ0n) is 17.9. The Morgan fingerprint density at radius 2 is 1.42 bits per heavy atom. The highest BCUT2D eigenvalue weighted by molar-refractivity contribution is 5.99. The van der Waals surface area contributed by atoms with E-state index in [1.807, 2.05) is 12.1 Å². The summed E-state index contributed by atoms with van der Waals surface area (Å²) in [6.45, 7) is 4.56. The van der Waals surface area contributed by atoms with E-state index in [4.69, 9.17) is 28.8 Å². The summed E-state index contributed by atoms with van der Waals surface area (Å²) in [4.78, 5) is 23.3. The molecule has 9 nitrogen and oxygen atoms in total. The fraction of sp³-hybridized carbons (Fsp3) is 0.318. The molecule has 2 amide bonds. The number of hydrogen-bond acceptors (Lipinski definition) is 6. The van der Waals surface area contributed by atoms with Gasteiger partial charge in [-0.3, -0.25) is 9.59 Å². The van der Waals surface area contributed by atoms with Crippen molar-refractivity contribution in [2.45, 2.75) is 38.5 Å². The first-order chi connectivity index (χ1) is 14.8. The zero-order valence-corrected chi connectivity index (χ0v) is 17.9.